The van der Waals surface area contributed by atoms with Crippen molar-refractivity contribution >= 4 is 10.8 Å². The lowest BCUT2D eigenvalue weighted by atomic mass is 10.0. The second-order valence-electron chi connectivity index (χ2n) is 5.58. The molecule has 1 rings (SSSR count). The number of hydrogen-bond donors (Lipinski definition) is 1. The average molecular weight is 311 g/mol. The first kappa shape index (κ1) is 18.3. The summed E-state index contributed by atoms with van der Waals surface area (Å²) in [6.07, 6.45) is 1.94. The van der Waals surface area contributed by atoms with Crippen molar-refractivity contribution in [3.63, 3.8) is 0 Å². The maximum Gasteiger partial charge on any atom is 0.0471 e. The molecule has 0 aliphatic carbocycles. The summed E-state index contributed by atoms with van der Waals surface area (Å²) in [4.78, 5) is 0. The fraction of sp³-hybridized carbons (Fsp3) is 0.647. The number of ether oxygens (including phenoxy) is 1. The normalized spacial score (nSPS) is 14.1. The van der Waals surface area contributed by atoms with Crippen LogP contribution in [0.3, 0.4) is 0 Å². The van der Waals surface area contributed by atoms with Crippen LogP contribution < -0.4 is 5.32 Å². The molecule has 1 N–H and O–H groups in total. The van der Waals surface area contributed by atoms with Gasteiger partial charge < -0.3 is 10.1 Å². The molecule has 0 heterocycles. The largest absolute Gasteiger partial charge is 0.385 e. The van der Waals surface area contributed by atoms with Gasteiger partial charge in [-0.2, -0.15) is 0 Å². The summed E-state index contributed by atoms with van der Waals surface area (Å²) in [5.74, 6) is 1.38. The number of methoxy groups -OCH3 is 1. The molecule has 0 amide bonds. The van der Waals surface area contributed by atoms with Gasteiger partial charge in [0.1, 0.15) is 0 Å². The van der Waals surface area contributed by atoms with Crippen LogP contribution in [0.25, 0.3) is 0 Å². The zero-order valence-electron chi connectivity index (χ0n) is 13.8. The Kier molecular flexibility index (Phi) is 8.81. The van der Waals surface area contributed by atoms with Gasteiger partial charge in [0.2, 0.25) is 0 Å². The number of benzene rings is 1. The molecule has 0 saturated carbocycles. The van der Waals surface area contributed by atoms with Crippen molar-refractivity contribution < 1.29 is 8.95 Å². The van der Waals surface area contributed by atoms with E-state index in [1.807, 2.05) is 0 Å². The van der Waals surface area contributed by atoms with Gasteiger partial charge in [-0.3, -0.25) is 4.21 Å². The van der Waals surface area contributed by atoms with Crippen molar-refractivity contribution in [2.75, 3.05) is 31.8 Å². The lowest BCUT2D eigenvalue weighted by Gasteiger charge is -2.20. The van der Waals surface area contributed by atoms with Gasteiger partial charge in [-0.1, -0.05) is 36.2 Å². The molecule has 120 valence electrons. The molecular weight excluding hydrogens is 282 g/mol. The molecule has 0 fully saturated rings. The molecule has 0 aromatic heterocycles. The Morgan fingerprint density at radius 3 is 2.48 bits per heavy atom. The molecule has 1 aromatic carbocycles. The van der Waals surface area contributed by atoms with Gasteiger partial charge >= 0.3 is 0 Å². The highest BCUT2D eigenvalue weighted by Gasteiger charge is 2.15. The lowest BCUT2D eigenvalue weighted by Crippen LogP contribution is -2.28. The first-order chi connectivity index (χ1) is 10.1. The van der Waals surface area contributed by atoms with Gasteiger partial charge in [0.05, 0.1) is 0 Å². The van der Waals surface area contributed by atoms with Gasteiger partial charge in [0, 0.05) is 42.1 Å². The monoisotopic (exact) mass is 311 g/mol. The molecule has 4 heteroatoms. The average Bonchev–Trinajstić information content (AvgIpc) is 2.42. The van der Waals surface area contributed by atoms with Crippen molar-refractivity contribution in [1.82, 2.24) is 5.32 Å². The molecule has 21 heavy (non-hydrogen) atoms. The Morgan fingerprint density at radius 1 is 1.24 bits per heavy atom. The zero-order valence-corrected chi connectivity index (χ0v) is 14.6. The van der Waals surface area contributed by atoms with Crippen LogP contribution >= 0.6 is 0 Å². The molecule has 1 aromatic rings. The summed E-state index contributed by atoms with van der Waals surface area (Å²) in [5.41, 5.74) is 3.78. The highest BCUT2D eigenvalue weighted by molar-refractivity contribution is 7.85. The summed E-state index contributed by atoms with van der Waals surface area (Å²) >= 11 is 0. The Morgan fingerprint density at radius 2 is 1.90 bits per heavy atom. The predicted molar refractivity (Wildman–Crippen MR) is 91.3 cm³/mol. The van der Waals surface area contributed by atoms with E-state index in [1.165, 1.54) is 16.7 Å². The van der Waals surface area contributed by atoms with E-state index >= 15 is 0 Å². The lowest BCUT2D eigenvalue weighted by molar-refractivity contribution is 0.200. The van der Waals surface area contributed by atoms with E-state index in [4.69, 9.17) is 4.74 Å². The molecule has 0 bridgehead atoms. The van der Waals surface area contributed by atoms with Crippen molar-refractivity contribution in [3.05, 3.63) is 34.9 Å². The molecule has 2 unspecified atom stereocenters. The standard InChI is InChI=1S/C17H29NO2S/c1-5-7-18-17(13-21(19)9-6-8-20-4)16-11-14(2)10-15(3)12-16/h10-12,17-18H,5-9,13H2,1-4H3. The highest BCUT2D eigenvalue weighted by atomic mass is 32.2. The van der Waals surface area contributed by atoms with Crippen LogP contribution in [-0.4, -0.2) is 36.0 Å². The highest BCUT2D eigenvalue weighted by Crippen LogP contribution is 2.18. The Balaban J connectivity index is 2.72. The minimum absolute atomic E-state index is 0.173. The van der Waals surface area contributed by atoms with Crippen LogP contribution in [0.4, 0.5) is 0 Å². The van der Waals surface area contributed by atoms with E-state index in [1.54, 1.807) is 7.11 Å². The molecule has 2 atom stereocenters. The van der Waals surface area contributed by atoms with E-state index < -0.39 is 10.8 Å². The van der Waals surface area contributed by atoms with Gasteiger partial charge in [-0.25, -0.2) is 0 Å². The summed E-state index contributed by atoms with van der Waals surface area (Å²) < 4.78 is 17.3. The summed E-state index contributed by atoms with van der Waals surface area (Å²) in [6.45, 7) is 8.02. The number of rotatable bonds is 10. The molecule has 3 nitrogen and oxygen atoms in total. The van der Waals surface area contributed by atoms with Crippen molar-refractivity contribution in [2.45, 2.75) is 39.7 Å². The van der Waals surface area contributed by atoms with Gasteiger partial charge in [0.25, 0.3) is 0 Å². The zero-order chi connectivity index (χ0) is 15.7. The van der Waals surface area contributed by atoms with E-state index in [0.717, 1.165) is 19.4 Å². The topological polar surface area (TPSA) is 38.3 Å². The third kappa shape index (κ3) is 7.21. The van der Waals surface area contributed by atoms with Crippen LogP contribution in [0, 0.1) is 13.8 Å². The number of hydrogen-bond acceptors (Lipinski definition) is 3. The third-order valence-electron chi connectivity index (χ3n) is 3.36. The van der Waals surface area contributed by atoms with E-state index in [2.05, 4.69) is 44.3 Å². The van der Waals surface area contributed by atoms with Crippen molar-refractivity contribution in [1.29, 1.82) is 0 Å². The van der Waals surface area contributed by atoms with E-state index in [0.29, 0.717) is 18.1 Å². The predicted octanol–water partition coefficient (Wildman–Crippen LogP) is 3.13. The van der Waals surface area contributed by atoms with Crippen molar-refractivity contribution in [3.8, 4) is 0 Å². The summed E-state index contributed by atoms with van der Waals surface area (Å²) in [7, 11) is 0.873. The van der Waals surface area contributed by atoms with Crippen LogP contribution in [0.5, 0.6) is 0 Å². The van der Waals surface area contributed by atoms with E-state index in [-0.39, 0.29) is 6.04 Å². The summed E-state index contributed by atoms with van der Waals surface area (Å²) in [5, 5.41) is 3.54. The SMILES string of the molecule is CCCNC(CS(=O)CCCOC)c1cc(C)cc(C)c1. The maximum atomic E-state index is 12.3. The Hall–Kier alpha value is -0.710. The fourth-order valence-electron chi connectivity index (χ4n) is 2.44. The van der Waals surface area contributed by atoms with Gasteiger partial charge in [0.15, 0.2) is 0 Å². The minimum Gasteiger partial charge on any atom is -0.385 e. The molecule has 0 radical (unpaired) electrons. The first-order valence-electron chi connectivity index (χ1n) is 7.72. The van der Waals surface area contributed by atoms with Crippen LogP contribution in [-0.2, 0) is 15.5 Å². The quantitative estimate of drug-likeness (QED) is 0.675. The van der Waals surface area contributed by atoms with Crippen LogP contribution in [0.15, 0.2) is 18.2 Å². The van der Waals surface area contributed by atoms with Crippen LogP contribution in [0.2, 0.25) is 0 Å². The minimum atomic E-state index is -0.811. The number of aryl methyl sites for hydroxylation is 2. The summed E-state index contributed by atoms with van der Waals surface area (Å²) in [6, 6.07) is 6.75. The van der Waals surface area contributed by atoms with Gasteiger partial charge in [-0.15, -0.1) is 0 Å². The fourth-order valence-corrected chi connectivity index (χ4v) is 3.72. The van der Waals surface area contributed by atoms with Crippen molar-refractivity contribution in [2.24, 2.45) is 0 Å². The Labute approximate surface area is 131 Å². The number of nitrogens with one attached hydrogen (secondary N) is 1. The first-order valence-corrected chi connectivity index (χ1v) is 9.21. The third-order valence-corrected chi connectivity index (χ3v) is 4.81. The molecule has 0 spiro atoms. The molecular formula is C17H29NO2S. The van der Waals surface area contributed by atoms with Crippen LogP contribution in [0.1, 0.15) is 42.5 Å². The van der Waals surface area contributed by atoms with Gasteiger partial charge in [-0.05, 0) is 38.8 Å². The molecule has 0 saturated heterocycles. The second kappa shape index (κ2) is 10.1. The smallest absolute Gasteiger partial charge is 0.0471 e. The molecule has 0 aliphatic heterocycles. The maximum absolute atomic E-state index is 12.3. The molecule has 0 aliphatic rings. The second-order valence-corrected chi connectivity index (χ2v) is 7.21. The van der Waals surface area contributed by atoms with E-state index in [9.17, 15) is 4.21 Å². The Bertz CT molecular complexity index is 428.